The second kappa shape index (κ2) is 9.53. The molecule has 1 N–H and O–H groups in total. The average Bonchev–Trinajstić information content (AvgIpc) is 3.43. The van der Waals surface area contributed by atoms with Gasteiger partial charge in [0.15, 0.2) is 0 Å². The lowest BCUT2D eigenvalue weighted by Crippen LogP contribution is -2.52. The molecule has 0 unspecified atom stereocenters. The summed E-state index contributed by atoms with van der Waals surface area (Å²) >= 11 is 1.55. The SMILES string of the molecule is Cc1nc(CC(=O)NC[C@@H]2CN(CC3CCN(CC4CC4)CC3)C(=O)CO2)cs1. The molecule has 0 spiro atoms. The van der Waals surface area contributed by atoms with E-state index >= 15 is 0 Å². The largest absolute Gasteiger partial charge is 0.365 e. The topological polar surface area (TPSA) is 74.8 Å². The monoisotopic (exact) mass is 420 g/mol. The van der Waals surface area contributed by atoms with Crippen LogP contribution in [0.5, 0.6) is 0 Å². The Labute approximate surface area is 176 Å². The summed E-state index contributed by atoms with van der Waals surface area (Å²) in [6.07, 6.45) is 5.31. The van der Waals surface area contributed by atoms with Crippen molar-refractivity contribution in [3.8, 4) is 0 Å². The zero-order chi connectivity index (χ0) is 20.2. The van der Waals surface area contributed by atoms with Gasteiger partial charge in [-0.05, 0) is 57.5 Å². The number of likely N-dealkylation sites (tertiary alicyclic amines) is 1. The number of ether oxygens (including phenoxy) is 1. The standard InChI is InChI=1S/C21H32N4O3S/c1-15-23-18(14-29-15)8-20(26)22-9-19-12-25(21(27)13-28-19)11-17-4-6-24(7-5-17)10-16-2-3-16/h14,16-17,19H,2-13H2,1H3,(H,22,26)/t19-/m1/s1. The zero-order valence-corrected chi connectivity index (χ0v) is 18.1. The van der Waals surface area contributed by atoms with Crippen molar-refractivity contribution in [3.63, 3.8) is 0 Å². The first-order chi connectivity index (χ1) is 14.0. The zero-order valence-electron chi connectivity index (χ0n) is 17.3. The molecular formula is C21H32N4O3S. The van der Waals surface area contributed by atoms with Crippen molar-refractivity contribution in [3.05, 3.63) is 16.1 Å². The number of aryl methyl sites for hydroxylation is 1. The number of hydrogen-bond acceptors (Lipinski definition) is 6. The maximum Gasteiger partial charge on any atom is 0.248 e. The highest BCUT2D eigenvalue weighted by molar-refractivity contribution is 7.09. The lowest BCUT2D eigenvalue weighted by atomic mass is 9.95. The Hall–Kier alpha value is -1.51. The number of rotatable bonds is 8. The predicted octanol–water partition coefficient (Wildman–Crippen LogP) is 1.46. The van der Waals surface area contributed by atoms with E-state index in [1.807, 2.05) is 17.2 Å². The van der Waals surface area contributed by atoms with Gasteiger partial charge < -0.3 is 19.9 Å². The molecule has 7 nitrogen and oxygen atoms in total. The van der Waals surface area contributed by atoms with Crippen LogP contribution in [0.2, 0.25) is 0 Å². The predicted molar refractivity (Wildman–Crippen MR) is 112 cm³/mol. The fourth-order valence-corrected chi connectivity index (χ4v) is 4.87. The minimum Gasteiger partial charge on any atom is -0.365 e. The maximum atomic E-state index is 12.3. The molecule has 2 saturated heterocycles. The van der Waals surface area contributed by atoms with E-state index in [2.05, 4.69) is 15.2 Å². The fraction of sp³-hybridized carbons (Fsp3) is 0.762. The van der Waals surface area contributed by atoms with Crippen LogP contribution in [0.25, 0.3) is 0 Å². The highest BCUT2D eigenvalue weighted by atomic mass is 32.1. The minimum absolute atomic E-state index is 0.0506. The molecule has 29 heavy (non-hydrogen) atoms. The second-order valence-corrected chi connectivity index (χ2v) is 9.82. The second-order valence-electron chi connectivity index (χ2n) is 8.76. The smallest absolute Gasteiger partial charge is 0.248 e. The average molecular weight is 421 g/mol. The molecule has 3 aliphatic rings. The van der Waals surface area contributed by atoms with E-state index in [4.69, 9.17) is 4.74 Å². The maximum absolute atomic E-state index is 12.3. The minimum atomic E-state index is -0.135. The molecule has 0 bridgehead atoms. The molecule has 0 radical (unpaired) electrons. The van der Waals surface area contributed by atoms with Crippen LogP contribution in [0, 0.1) is 18.8 Å². The third kappa shape index (κ3) is 6.23. The number of piperidine rings is 1. The van der Waals surface area contributed by atoms with Crippen molar-refractivity contribution >= 4 is 23.2 Å². The van der Waals surface area contributed by atoms with Gasteiger partial charge in [-0.2, -0.15) is 0 Å². The van der Waals surface area contributed by atoms with Crippen molar-refractivity contribution in [2.75, 3.05) is 45.9 Å². The highest BCUT2D eigenvalue weighted by Crippen LogP contribution is 2.31. The van der Waals surface area contributed by atoms with Gasteiger partial charge in [0.1, 0.15) is 6.61 Å². The number of hydrogen-bond donors (Lipinski definition) is 1. The number of thiazole rings is 1. The van der Waals surface area contributed by atoms with Gasteiger partial charge in [0, 0.05) is 31.6 Å². The third-order valence-electron chi connectivity index (χ3n) is 6.15. The van der Waals surface area contributed by atoms with Crippen LogP contribution < -0.4 is 5.32 Å². The Bertz CT molecular complexity index is 713. The van der Waals surface area contributed by atoms with Crippen LogP contribution in [0.3, 0.4) is 0 Å². The van der Waals surface area contributed by atoms with Gasteiger partial charge in [-0.3, -0.25) is 9.59 Å². The number of morpholine rings is 1. The van der Waals surface area contributed by atoms with Crippen molar-refractivity contribution < 1.29 is 14.3 Å². The summed E-state index contributed by atoms with van der Waals surface area (Å²) in [4.78, 5) is 33.3. The molecule has 2 amide bonds. The normalized spacial score (nSPS) is 24.1. The molecule has 1 aromatic rings. The summed E-state index contributed by atoms with van der Waals surface area (Å²) in [6.45, 7) is 7.47. The van der Waals surface area contributed by atoms with Crippen LogP contribution in [-0.4, -0.2) is 78.6 Å². The Morgan fingerprint density at radius 2 is 2.00 bits per heavy atom. The summed E-state index contributed by atoms with van der Waals surface area (Å²) in [5, 5.41) is 5.82. The van der Waals surface area contributed by atoms with E-state index in [-0.39, 0.29) is 24.5 Å². The van der Waals surface area contributed by atoms with Gasteiger partial charge in [-0.1, -0.05) is 0 Å². The lowest BCUT2D eigenvalue weighted by Gasteiger charge is -2.38. The molecule has 1 aliphatic carbocycles. The lowest BCUT2D eigenvalue weighted by molar-refractivity contribution is -0.150. The van der Waals surface area contributed by atoms with Crippen LogP contribution >= 0.6 is 11.3 Å². The van der Waals surface area contributed by atoms with E-state index in [9.17, 15) is 9.59 Å². The van der Waals surface area contributed by atoms with E-state index in [1.54, 1.807) is 11.3 Å². The molecule has 3 heterocycles. The molecule has 160 valence electrons. The first-order valence-electron chi connectivity index (χ1n) is 10.8. The van der Waals surface area contributed by atoms with Gasteiger partial charge in [-0.25, -0.2) is 4.98 Å². The number of carbonyl (C=O) groups is 2. The third-order valence-corrected chi connectivity index (χ3v) is 6.98. The summed E-state index contributed by atoms with van der Waals surface area (Å²) < 4.78 is 5.65. The van der Waals surface area contributed by atoms with E-state index in [1.165, 1.54) is 32.2 Å². The molecule has 4 rings (SSSR count). The molecule has 2 aliphatic heterocycles. The van der Waals surface area contributed by atoms with Gasteiger partial charge in [0.05, 0.1) is 23.2 Å². The molecule has 1 saturated carbocycles. The van der Waals surface area contributed by atoms with Crippen LogP contribution in [-0.2, 0) is 20.7 Å². The van der Waals surface area contributed by atoms with Gasteiger partial charge >= 0.3 is 0 Å². The van der Waals surface area contributed by atoms with Crippen molar-refractivity contribution in [2.45, 2.75) is 45.1 Å². The summed E-state index contributed by atoms with van der Waals surface area (Å²) in [5.41, 5.74) is 0.805. The first-order valence-corrected chi connectivity index (χ1v) is 11.7. The molecule has 3 fully saturated rings. The quantitative estimate of drug-likeness (QED) is 0.689. The van der Waals surface area contributed by atoms with Crippen LogP contribution in [0.1, 0.15) is 36.4 Å². The fourth-order valence-electron chi connectivity index (χ4n) is 4.25. The van der Waals surface area contributed by atoms with E-state index < -0.39 is 0 Å². The Morgan fingerprint density at radius 1 is 1.24 bits per heavy atom. The van der Waals surface area contributed by atoms with Crippen molar-refractivity contribution in [1.29, 1.82) is 0 Å². The Balaban J connectivity index is 1.18. The molecule has 1 aromatic heterocycles. The molecule has 8 heteroatoms. The molecule has 0 aromatic carbocycles. The summed E-state index contributed by atoms with van der Waals surface area (Å²) in [5.74, 6) is 1.55. The highest BCUT2D eigenvalue weighted by Gasteiger charge is 2.31. The summed E-state index contributed by atoms with van der Waals surface area (Å²) in [7, 11) is 0. The number of nitrogens with one attached hydrogen (secondary N) is 1. The van der Waals surface area contributed by atoms with E-state index in [0.29, 0.717) is 25.4 Å². The number of nitrogens with zero attached hydrogens (tertiary/aromatic N) is 3. The molecular weight excluding hydrogens is 388 g/mol. The van der Waals surface area contributed by atoms with Gasteiger partial charge in [0.25, 0.3) is 0 Å². The first kappa shape index (κ1) is 20.8. The molecule has 1 atom stereocenters. The number of aromatic nitrogens is 1. The van der Waals surface area contributed by atoms with Crippen molar-refractivity contribution in [1.82, 2.24) is 20.1 Å². The van der Waals surface area contributed by atoms with Gasteiger partial charge in [0.2, 0.25) is 11.8 Å². The van der Waals surface area contributed by atoms with Crippen molar-refractivity contribution in [2.24, 2.45) is 11.8 Å². The number of carbonyl (C=O) groups excluding carboxylic acids is 2. The van der Waals surface area contributed by atoms with Crippen LogP contribution in [0.4, 0.5) is 0 Å². The number of amides is 2. The summed E-state index contributed by atoms with van der Waals surface area (Å²) in [6, 6.07) is 0. The van der Waals surface area contributed by atoms with Gasteiger partial charge in [-0.15, -0.1) is 11.3 Å². The van der Waals surface area contributed by atoms with E-state index in [0.717, 1.165) is 36.3 Å². The Morgan fingerprint density at radius 3 is 2.69 bits per heavy atom. The Kier molecular flexibility index (Phi) is 6.82. The van der Waals surface area contributed by atoms with Crippen LogP contribution in [0.15, 0.2) is 5.38 Å².